The lowest BCUT2D eigenvalue weighted by molar-refractivity contribution is -0.145. The first-order valence-corrected chi connectivity index (χ1v) is 9.87. The lowest BCUT2D eigenvalue weighted by atomic mass is 9.91. The number of rotatable bonds is 6. The Morgan fingerprint density at radius 3 is 2.50 bits per heavy atom. The van der Waals surface area contributed by atoms with Crippen molar-refractivity contribution in [2.75, 3.05) is 20.8 Å². The highest BCUT2D eigenvalue weighted by molar-refractivity contribution is 6.35. The largest absolute Gasteiger partial charge is 0.497 e. The number of carbonyl (C=O) groups is 1. The summed E-state index contributed by atoms with van der Waals surface area (Å²) in [6.07, 6.45) is 2.40. The monoisotopic (exact) mass is 423 g/mol. The van der Waals surface area contributed by atoms with Crippen molar-refractivity contribution in [1.82, 2.24) is 4.90 Å². The number of carboxylic acids is 1. The van der Waals surface area contributed by atoms with Crippen LogP contribution in [-0.4, -0.2) is 42.8 Å². The van der Waals surface area contributed by atoms with Crippen molar-refractivity contribution in [2.24, 2.45) is 0 Å². The molecule has 2 aromatic rings. The summed E-state index contributed by atoms with van der Waals surface area (Å²) in [5, 5.41) is 10.8. The molecule has 2 unspecified atom stereocenters. The Morgan fingerprint density at radius 2 is 1.86 bits per heavy atom. The van der Waals surface area contributed by atoms with Crippen LogP contribution in [0, 0.1) is 0 Å². The van der Waals surface area contributed by atoms with Crippen molar-refractivity contribution in [3.63, 3.8) is 0 Å². The van der Waals surface area contributed by atoms with Gasteiger partial charge in [0.2, 0.25) is 0 Å². The zero-order valence-corrected chi connectivity index (χ0v) is 17.3. The number of hydrogen-bond donors (Lipinski definition) is 1. The first kappa shape index (κ1) is 20.8. The molecule has 0 aromatic heterocycles. The van der Waals surface area contributed by atoms with E-state index in [0.717, 1.165) is 24.0 Å². The van der Waals surface area contributed by atoms with Crippen LogP contribution in [0.4, 0.5) is 0 Å². The molecule has 2 atom stereocenters. The summed E-state index contributed by atoms with van der Waals surface area (Å²) >= 11 is 12.6. The van der Waals surface area contributed by atoms with E-state index in [1.807, 2.05) is 23.1 Å². The van der Waals surface area contributed by atoms with Gasteiger partial charge < -0.3 is 14.6 Å². The maximum absolute atomic E-state index is 12.0. The molecule has 1 heterocycles. The minimum absolute atomic E-state index is 0.382. The van der Waals surface area contributed by atoms with E-state index in [0.29, 0.717) is 34.5 Å². The minimum atomic E-state index is -0.831. The van der Waals surface area contributed by atoms with E-state index < -0.39 is 12.0 Å². The van der Waals surface area contributed by atoms with Gasteiger partial charge in [-0.2, -0.15) is 0 Å². The Kier molecular flexibility index (Phi) is 6.70. The lowest BCUT2D eigenvalue weighted by Crippen LogP contribution is -2.47. The smallest absolute Gasteiger partial charge is 0.320 e. The molecular formula is C21H23Cl2NO4. The molecule has 1 N–H and O–H groups in total. The van der Waals surface area contributed by atoms with E-state index in [-0.39, 0.29) is 6.04 Å². The van der Waals surface area contributed by atoms with Crippen LogP contribution < -0.4 is 9.47 Å². The average molecular weight is 424 g/mol. The Labute approximate surface area is 174 Å². The van der Waals surface area contributed by atoms with Crippen molar-refractivity contribution < 1.29 is 19.4 Å². The quantitative estimate of drug-likeness (QED) is 0.704. The zero-order valence-electron chi connectivity index (χ0n) is 15.8. The van der Waals surface area contributed by atoms with Gasteiger partial charge in [0, 0.05) is 21.7 Å². The summed E-state index contributed by atoms with van der Waals surface area (Å²) in [6, 6.07) is 9.87. The summed E-state index contributed by atoms with van der Waals surface area (Å²) in [6.45, 7) is 0.649. The van der Waals surface area contributed by atoms with Crippen LogP contribution in [0.3, 0.4) is 0 Å². The molecular weight excluding hydrogens is 401 g/mol. The molecule has 7 heteroatoms. The molecule has 0 spiro atoms. The van der Waals surface area contributed by atoms with Crippen molar-refractivity contribution >= 4 is 29.2 Å². The number of halogens is 2. The summed E-state index contributed by atoms with van der Waals surface area (Å²) < 4.78 is 10.9. The first-order chi connectivity index (χ1) is 13.5. The van der Waals surface area contributed by atoms with E-state index >= 15 is 0 Å². The fourth-order valence-corrected chi connectivity index (χ4v) is 4.33. The number of hydrogen-bond acceptors (Lipinski definition) is 4. The average Bonchev–Trinajstić information content (AvgIpc) is 2.70. The molecule has 0 aliphatic carbocycles. The molecule has 1 saturated heterocycles. The van der Waals surface area contributed by atoms with Crippen LogP contribution in [0.25, 0.3) is 0 Å². The molecule has 0 amide bonds. The summed E-state index contributed by atoms with van der Waals surface area (Å²) in [5.41, 5.74) is 1.63. The second kappa shape index (κ2) is 9.03. The van der Waals surface area contributed by atoms with Crippen molar-refractivity contribution in [3.05, 3.63) is 57.6 Å². The van der Waals surface area contributed by atoms with Gasteiger partial charge in [-0.3, -0.25) is 9.69 Å². The van der Waals surface area contributed by atoms with Crippen molar-refractivity contribution in [3.8, 4) is 11.5 Å². The van der Waals surface area contributed by atoms with Crippen LogP contribution in [0.5, 0.6) is 11.5 Å². The van der Waals surface area contributed by atoms with E-state index in [4.69, 9.17) is 32.7 Å². The Balaban J connectivity index is 2.18. The highest BCUT2D eigenvalue weighted by atomic mass is 35.5. The maximum Gasteiger partial charge on any atom is 0.320 e. The Hall–Kier alpha value is -1.95. The van der Waals surface area contributed by atoms with E-state index in [2.05, 4.69) is 0 Å². The fraction of sp³-hybridized carbons (Fsp3) is 0.381. The van der Waals surface area contributed by atoms with Crippen LogP contribution >= 0.6 is 23.2 Å². The van der Waals surface area contributed by atoms with Crippen LogP contribution in [0.1, 0.15) is 36.4 Å². The minimum Gasteiger partial charge on any atom is -0.497 e. The van der Waals surface area contributed by atoms with Crippen molar-refractivity contribution in [2.45, 2.75) is 31.3 Å². The van der Waals surface area contributed by atoms with Crippen LogP contribution in [0.15, 0.2) is 36.4 Å². The molecule has 0 bridgehead atoms. The summed E-state index contributed by atoms with van der Waals surface area (Å²) in [4.78, 5) is 14.0. The van der Waals surface area contributed by atoms with Gasteiger partial charge in [0.1, 0.15) is 17.5 Å². The summed E-state index contributed by atoms with van der Waals surface area (Å²) in [7, 11) is 3.18. The van der Waals surface area contributed by atoms with Crippen LogP contribution in [-0.2, 0) is 4.79 Å². The molecule has 1 aliphatic rings. The number of piperidine rings is 1. The first-order valence-electron chi connectivity index (χ1n) is 9.11. The highest BCUT2D eigenvalue weighted by Gasteiger charge is 2.37. The normalized spacial score (nSPS) is 18.5. The van der Waals surface area contributed by atoms with Gasteiger partial charge >= 0.3 is 5.97 Å². The second-order valence-electron chi connectivity index (χ2n) is 6.76. The molecule has 1 aliphatic heterocycles. The van der Waals surface area contributed by atoms with E-state index in [1.54, 1.807) is 32.4 Å². The van der Waals surface area contributed by atoms with E-state index in [1.165, 1.54) is 0 Å². The molecule has 5 nitrogen and oxygen atoms in total. The molecule has 28 heavy (non-hydrogen) atoms. The molecule has 150 valence electrons. The maximum atomic E-state index is 12.0. The van der Waals surface area contributed by atoms with Crippen molar-refractivity contribution in [1.29, 1.82) is 0 Å². The number of likely N-dealkylation sites (tertiary alicyclic amines) is 1. The molecule has 3 rings (SSSR count). The van der Waals surface area contributed by atoms with Gasteiger partial charge in [0.05, 0.1) is 20.3 Å². The SMILES string of the molecule is COc1ccc(C(c2ccc(Cl)cc2Cl)N2CCCCC2C(=O)O)c(OC)c1. The Bertz CT molecular complexity index is 858. The topological polar surface area (TPSA) is 59.0 Å². The number of ether oxygens (including phenoxy) is 2. The Morgan fingerprint density at radius 1 is 1.11 bits per heavy atom. The number of benzene rings is 2. The fourth-order valence-electron chi connectivity index (χ4n) is 3.82. The third-order valence-corrected chi connectivity index (χ3v) is 5.72. The molecule has 0 saturated carbocycles. The van der Waals surface area contributed by atoms with Crippen LogP contribution in [0.2, 0.25) is 10.0 Å². The molecule has 2 aromatic carbocycles. The number of aliphatic carboxylic acids is 1. The number of methoxy groups -OCH3 is 2. The lowest BCUT2D eigenvalue weighted by Gasteiger charge is -2.40. The van der Waals surface area contributed by atoms with Gasteiger partial charge in [-0.05, 0) is 49.2 Å². The summed E-state index contributed by atoms with van der Waals surface area (Å²) in [5.74, 6) is 0.447. The van der Waals surface area contributed by atoms with Gasteiger partial charge in [0.15, 0.2) is 0 Å². The highest BCUT2D eigenvalue weighted by Crippen LogP contribution is 2.42. The molecule has 1 fully saturated rings. The third kappa shape index (κ3) is 4.22. The third-order valence-electron chi connectivity index (χ3n) is 5.15. The van der Waals surface area contributed by atoms with Gasteiger partial charge in [-0.15, -0.1) is 0 Å². The predicted molar refractivity (Wildman–Crippen MR) is 110 cm³/mol. The van der Waals surface area contributed by atoms with Gasteiger partial charge in [-0.25, -0.2) is 0 Å². The van der Waals surface area contributed by atoms with Gasteiger partial charge in [0.25, 0.3) is 0 Å². The number of carboxylic acid groups (broad SMARTS) is 1. The second-order valence-corrected chi connectivity index (χ2v) is 7.61. The van der Waals surface area contributed by atoms with Gasteiger partial charge in [-0.1, -0.05) is 35.7 Å². The zero-order chi connectivity index (χ0) is 20.3. The standard InChI is InChI=1S/C21H23Cl2NO4/c1-27-14-7-9-16(19(12-14)28-2)20(15-8-6-13(22)11-17(15)23)24-10-4-3-5-18(24)21(25)26/h6-9,11-12,18,20H,3-5,10H2,1-2H3,(H,25,26). The number of nitrogens with zero attached hydrogens (tertiary/aromatic N) is 1. The van der Waals surface area contributed by atoms with E-state index in [9.17, 15) is 9.90 Å². The molecule has 0 radical (unpaired) electrons. The predicted octanol–water partition coefficient (Wildman–Crippen LogP) is 5.04.